The quantitative estimate of drug-likeness (QED) is 0.745. The fourth-order valence-corrected chi connectivity index (χ4v) is 4.73. The second kappa shape index (κ2) is 7.21. The van der Waals surface area contributed by atoms with Crippen LogP contribution in [-0.2, 0) is 19.5 Å². The number of piperidine rings is 1. The van der Waals surface area contributed by atoms with Crippen LogP contribution in [0.2, 0.25) is 0 Å². The number of nitrogens with one attached hydrogen (secondary N) is 1. The van der Waals surface area contributed by atoms with Gasteiger partial charge < -0.3 is 15.8 Å². The van der Waals surface area contributed by atoms with Crippen LogP contribution >= 0.6 is 0 Å². The van der Waals surface area contributed by atoms with E-state index in [1.54, 1.807) is 13.8 Å². The summed E-state index contributed by atoms with van der Waals surface area (Å²) in [4.78, 5) is 25.0. The van der Waals surface area contributed by atoms with Crippen molar-refractivity contribution in [1.82, 2.24) is 10.4 Å². The molecule has 1 radical (unpaired) electrons. The van der Waals surface area contributed by atoms with Crippen molar-refractivity contribution < 1.29 is 19.5 Å². The largest absolute Gasteiger partial charge is 0.469 e. The summed E-state index contributed by atoms with van der Waals surface area (Å²) in [5.41, 5.74) is 4.77. The average molecular weight is 354 g/mol. The van der Waals surface area contributed by atoms with Crippen LogP contribution in [0, 0.1) is 11.8 Å². The lowest BCUT2D eigenvalue weighted by Crippen LogP contribution is -2.69. The van der Waals surface area contributed by atoms with Gasteiger partial charge in [-0.05, 0) is 47.0 Å². The zero-order valence-electron chi connectivity index (χ0n) is 16.0. The van der Waals surface area contributed by atoms with Gasteiger partial charge in [0, 0.05) is 17.6 Å². The highest BCUT2D eigenvalue weighted by atomic mass is 16.5. The number of nitrogens with zero attached hydrogens (tertiary/aromatic N) is 1. The molecule has 1 amide bonds. The smallest absolute Gasteiger partial charge is 0.310 e. The minimum atomic E-state index is -0.916. The highest BCUT2D eigenvalue weighted by Gasteiger charge is 2.54. The molecule has 0 aromatic rings. The van der Waals surface area contributed by atoms with Gasteiger partial charge in [-0.1, -0.05) is 12.8 Å². The predicted molar refractivity (Wildman–Crippen MR) is 92.7 cm³/mol. The van der Waals surface area contributed by atoms with E-state index in [4.69, 9.17) is 10.5 Å². The molecule has 2 rings (SSSR count). The van der Waals surface area contributed by atoms with E-state index >= 15 is 0 Å². The van der Waals surface area contributed by atoms with E-state index in [1.165, 1.54) is 7.11 Å². The van der Waals surface area contributed by atoms with Crippen molar-refractivity contribution >= 4 is 11.9 Å². The molecular weight excluding hydrogens is 322 g/mol. The van der Waals surface area contributed by atoms with E-state index in [0.29, 0.717) is 12.8 Å². The monoisotopic (exact) mass is 354 g/mol. The highest BCUT2D eigenvalue weighted by molar-refractivity contribution is 5.82. The number of rotatable bonds is 3. The standard InChI is InChI=1S/C18H32N3O4/c1-17(2)10-12(19)14(18(3,4)21(17)24)15(22)20-13-9-7-6-8-11(13)16(23)25-5/h11-14H,6-10,19H2,1-5H3,(H,20,22)/t11-,12-,13-,14-/m0/s1. The zero-order valence-corrected chi connectivity index (χ0v) is 16.0. The molecule has 1 heterocycles. The Hall–Kier alpha value is -1.18. The lowest BCUT2D eigenvalue weighted by Gasteiger charge is -2.53. The van der Waals surface area contributed by atoms with Crippen molar-refractivity contribution in [3.8, 4) is 0 Å². The molecule has 1 saturated carbocycles. The van der Waals surface area contributed by atoms with Crippen LogP contribution in [0.3, 0.4) is 0 Å². The van der Waals surface area contributed by atoms with Gasteiger partial charge in [0.05, 0.1) is 24.5 Å². The zero-order chi connectivity index (χ0) is 19.0. The van der Waals surface area contributed by atoms with Gasteiger partial charge in [-0.3, -0.25) is 9.59 Å². The van der Waals surface area contributed by atoms with E-state index in [0.717, 1.165) is 24.3 Å². The third-order valence-corrected chi connectivity index (χ3v) is 5.88. The molecule has 7 heteroatoms. The summed E-state index contributed by atoms with van der Waals surface area (Å²) in [6.45, 7) is 7.24. The average Bonchev–Trinajstić information content (AvgIpc) is 2.52. The Labute approximate surface area is 150 Å². The Morgan fingerprint density at radius 3 is 2.36 bits per heavy atom. The summed E-state index contributed by atoms with van der Waals surface area (Å²) in [5.74, 6) is -1.48. The van der Waals surface area contributed by atoms with Crippen molar-refractivity contribution in [2.75, 3.05) is 7.11 Å². The first kappa shape index (κ1) is 20.1. The molecular formula is C18H32N3O4. The molecule has 0 aromatic heterocycles. The van der Waals surface area contributed by atoms with E-state index in [9.17, 15) is 14.8 Å². The van der Waals surface area contributed by atoms with Crippen LogP contribution in [0.4, 0.5) is 0 Å². The van der Waals surface area contributed by atoms with Crippen LogP contribution in [0.15, 0.2) is 0 Å². The fourth-order valence-electron chi connectivity index (χ4n) is 4.73. The molecule has 25 heavy (non-hydrogen) atoms. The van der Waals surface area contributed by atoms with Gasteiger partial charge >= 0.3 is 5.97 Å². The van der Waals surface area contributed by atoms with Crippen molar-refractivity contribution in [2.24, 2.45) is 17.6 Å². The van der Waals surface area contributed by atoms with Crippen molar-refractivity contribution in [1.29, 1.82) is 0 Å². The molecule has 0 unspecified atom stereocenters. The molecule has 2 fully saturated rings. The SMILES string of the molecule is COC(=O)[C@H]1CCCC[C@@H]1NC(=O)[C@@H]1[C@@H](N)CC(C)(C)N([O])C1(C)C. The van der Waals surface area contributed by atoms with Gasteiger partial charge in [-0.25, -0.2) is 0 Å². The number of hydroxylamine groups is 2. The molecule has 3 N–H and O–H groups in total. The van der Waals surface area contributed by atoms with E-state index < -0.39 is 23.0 Å². The minimum Gasteiger partial charge on any atom is -0.469 e. The molecule has 1 aliphatic carbocycles. The number of carbonyl (C=O) groups is 2. The Balaban J connectivity index is 2.17. The first-order valence-electron chi connectivity index (χ1n) is 9.13. The van der Waals surface area contributed by atoms with E-state index in [1.807, 2.05) is 13.8 Å². The number of nitrogens with two attached hydrogens (primary N) is 1. The maximum Gasteiger partial charge on any atom is 0.310 e. The molecule has 1 aliphatic heterocycles. The fraction of sp³-hybridized carbons (Fsp3) is 0.889. The maximum atomic E-state index is 13.0. The molecule has 7 nitrogen and oxygen atoms in total. The molecule has 1 saturated heterocycles. The lowest BCUT2D eigenvalue weighted by atomic mass is 9.70. The Morgan fingerprint density at radius 2 is 1.76 bits per heavy atom. The maximum absolute atomic E-state index is 13.0. The summed E-state index contributed by atoms with van der Waals surface area (Å²) in [7, 11) is 1.37. The van der Waals surface area contributed by atoms with Gasteiger partial charge in [0.15, 0.2) is 0 Å². The third kappa shape index (κ3) is 3.83. The predicted octanol–water partition coefficient (Wildman–Crippen LogP) is 1.39. The summed E-state index contributed by atoms with van der Waals surface area (Å²) in [6.07, 6.45) is 3.80. The number of ether oxygens (including phenoxy) is 1. The van der Waals surface area contributed by atoms with Crippen LogP contribution in [0.25, 0.3) is 0 Å². The lowest BCUT2D eigenvalue weighted by molar-refractivity contribution is -0.300. The number of carbonyl (C=O) groups excluding carboxylic acids is 2. The number of hydrogen-bond donors (Lipinski definition) is 2. The minimum absolute atomic E-state index is 0.241. The van der Waals surface area contributed by atoms with Gasteiger partial charge in [-0.15, -0.1) is 10.3 Å². The Kier molecular flexibility index (Phi) is 5.81. The molecule has 0 bridgehead atoms. The van der Waals surface area contributed by atoms with Gasteiger partial charge in [-0.2, -0.15) is 0 Å². The summed E-state index contributed by atoms with van der Waals surface area (Å²) < 4.78 is 4.88. The Bertz CT molecular complexity index is 520. The van der Waals surface area contributed by atoms with Crippen molar-refractivity contribution in [3.05, 3.63) is 0 Å². The number of esters is 1. The van der Waals surface area contributed by atoms with Crippen molar-refractivity contribution in [3.63, 3.8) is 0 Å². The number of amides is 1. The molecule has 143 valence electrons. The van der Waals surface area contributed by atoms with E-state index in [-0.39, 0.29) is 23.8 Å². The molecule has 0 spiro atoms. The second-order valence-corrected chi connectivity index (χ2v) is 8.64. The number of hydrogen-bond acceptors (Lipinski definition) is 5. The molecule has 2 aliphatic rings. The summed E-state index contributed by atoms with van der Waals surface area (Å²) in [5, 5.41) is 16.8. The first-order chi connectivity index (χ1) is 11.5. The number of methoxy groups -OCH3 is 1. The van der Waals surface area contributed by atoms with Crippen molar-refractivity contribution in [2.45, 2.75) is 83.0 Å². The van der Waals surface area contributed by atoms with Crippen LogP contribution in [0.1, 0.15) is 59.8 Å². The van der Waals surface area contributed by atoms with Gasteiger partial charge in [0.1, 0.15) is 0 Å². The van der Waals surface area contributed by atoms with E-state index in [2.05, 4.69) is 5.32 Å². The first-order valence-corrected chi connectivity index (χ1v) is 9.13. The molecule has 4 atom stereocenters. The highest BCUT2D eigenvalue weighted by Crippen LogP contribution is 2.40. The summed E-state index contributed by atoms with van der Waals surface area (Å²) >= 11 is 0. The summed E-state index contributed by atoms with van der Waals surface area (Å²) in [6, 6.07) is -0.665. The van der Waals surface area contributed by atoms with Gasteiger partial charge in [0.25, 0.3) is 0 Å². The second-order valence-electron chi connectivity index (χ2n) is 8.64. The third-order valence-electron chi connectivity index (χ3n) is 5.88. The topological polar surface area (TPSA) is 105 Å². The normalized spacial score (nSPS) is 35.0. The van der Waals surface area contributed by atoms with Crippen LogP contribution in [-0.4, -0.2) is 47.2 Å². The van der Waals surface area contributed by atoms with Crippen LogP contribution in [0.5, 0.6) is 0 Å². The van der Waals surface area contributed by atoms with Gasteiger partial charge in [0.2, 0.25) is 5.91 Å². The Morgan fingerprint density at radius 1 is 1.16 bits per heavy atom. The molecule has 0 aromatic carbocycles. The van der Waals surface area contributed by atoms with Crippen LogP contribution < -0.4 is 11.1 Å².